The first kappa shape index (κ1) is 10.5. The smallest absolute Gasteiger partial charge is 0.355 e. The van der Waals surface area contributed by atoms with Gasteiger partial charge in [-0.15, -0.1) is 11.8 Å². The molecule has 0 saturated carbocycles. The van der Waals surface area contributed by atoms with Crippen molar-refractivity contribution in [2.24, 2.45) is 0 Å². The van der Waals surface area contributed by atoms with Gasteiger partial charge in [0.1, 0.15) is 0 Å². The second-order valence-corrected chi connectivity index (χ2v) is 3.23. The summed E-state index contributed by atoms with van der Waals surface area (Å²) in [6.07, 6.45) is 2.70. The van der Waals surface area contributed by atoms with Crippen molar-refractivity contribution in [3.63, 3.8) is 0 Å². The molecule has 1 heterocycles. The van der Waals surface area contributed by atoms with Crippen LogP contribution in [0.2, 0.25) is 0 Å². The molecule has 0 atom stereocenters. The monoisotopic (exact) mass is 213 g/mol. The summed E-state index contributed by atoms with van der Waals surface area (Å²) >= 11 is 1.15. The van der Waals surface area contributed by atoms with Crippen molar-refractivity contribution in [3.05, 3.63) is 23.5 Å². The molecule has 2 N–H and O–H groups in total. The normalized spacial score (nSPS) is 9.79. The van der Waals surface area contributed by atoms with E-state index in [-0.39, 0.29) is 11.3 Å². The summed E-state index contributed by atoms with van der Waals surface area (Å²) in [6.45, 7) is 0. The van der Waals surface area contributed by atoms with E-state index in [4.69, 9.17) is 10.2 Å². The average Bonchev–Trinajstić information content (AvgIpc) is 2.16. The van der Waals surface area contributed by atoms with Crippen molar-refractivity contribution in [2.45, 2.75) is 4.90 Å². The van der Waals surface area contributed by atoms with Gasteiger partial charge < -0.3 is 10.2 Å². The lowest BCUT2D eigenvalue weighted by Gasteiger charge is -2.02. The molecule has 0 radical (unpaired) electrons. The number of pyridine rings is 1. The predicted octanol–water partition coefficient (Wildman–Crippen LogP) is 1.20. The Morgan fingerprint density at radius 3 is 2.43 bits per heavy atom. The minimum atomic E-state index is -1.16. The van der Waals surface area contributed by atoms with E-state index in [1.54, 1.807) is 6.26 Å². The van der Waals surface area contributed by atoms with E-state index in [9.17, 15) is 9.59 Å². The molecule has 14 heavy (non-hydrogen) atoms. The van der Waals surface area contributed by atoms with Crippen molar-refractivity contribution in [1.29, 1.82) is 0 Å². The third kappa shape index (κ3) is 2.02. The zero-order valence-electron chi connectivity index (χ0n) is 7.22. The Morgan fingerprint density at radius 1 is 1.36 bits per heavy atom. The van der Waals surface area contributed by atoms with Gasteiger partial charge in [-0.05, 0) is 12.3 Å². The Morgan fingerprint density at radius 2 is 2.00 bits per heavy atom. The average molecular weight is 213 g/mol. The summed E-state index contributed by atoms with van der Waals surface area (Å²) < 4.78 is 0. The summed E-state index contributed by atoms with van der Waals surface area (Å²) in [4.78, 5) is 25.1. The molecule has 0 aliphatic heterocycles. The molecule has 0 amide bonds. The summed E-state index contributed by atoms with van der Waals surface area (Å²) in [6, 6.07) is 1.30. The van der Waals surface area contributed by atoms with Gasteiger partial charge in [0.15, 0.2) is 5.69 Å². The van der Waals surface area contributed by atoms with Crippen molar-refractivity contribution < 1.29 is 19.8 Å². The van der Waals surface area contributed by atoms with Gasteiger partial charge in [0, 0.05) is 11.1 Å². The number of hydrogen-bond acceptors (Lipinski definition) is 4. The van der Waals surface area contributed by atoms with Gasteiger partial charge in [-0.3, -0.25) is 0 Å². The van der Waals surface area contributed by atoms with E-state index in [0.717, 1.165) is 18.0 Å². The highest BCUT2D eigenvalue weighted by Crippen LogP contribution is 2.19. The quantitative estimate of drug-likeness (QED) is 0.733. The molecule has 5 nitrogen and oxygen atoms in total. The van der Waals surface area contributed by atoms with E-state index < -0.39 is 11.9 Å². The lowest BCUT2D eigenvalue weighted by Crippen LogP contribution is -2.05. The SMILES string of the molecule is CSc1cc(C(=O)O)cnc1C(=O)O. The second-order valence-electron chi connectivity index (χ2n) is 2.39. The van der Waals surface area contributed by atoms with Crippen LogP contribution in [0.15, 0.2) is 17.2 Å². The Bertz CT molecular complexity index is 391. The number of aromatic nitrogens is 1. The molecule has 0 fully saturated rings. The number of carboxylic acid groups (broad SMARTS) is 2. The molecule has 1 rings (SSSR count). The fourth-order valence-electron chi connectivity index (χ4n) is 0.878. The zero-order valence-corrected chi connectivity index (χ0v) is 8.04. The summed E-state index contributed by atoms with van der Waals surface area (Å²) in [5, 5.41) is 17.3. The highest BCUT2D eigenvalue weighted by Gasteiger charge is 2.14. The van der Waals surface area contributed by atoms with E-state index in [0.29, 0.717) is 4.90 Å². The number of nitrogens with zero attached hydrogens (tertiary/aromatic N) is 1. The molecule has 0 aliphatic carbocycles. The van der Waals surface area contributed by atoms with Crippen LogP contribution in [0.1, 0.15) is 20.8 Å². The first-order valence-electron chi connectivity index (χ1n) is 3.57. The third-order valence-corrected chi connectivity index (χ3v) is 2.27. The largest absolute Gasteiger partial charge is 0.478 e. The molecule has 1 aromatic heterocycles. The maximum atomic E-state index is 10.6. The van der Waals surface area contributed by atoms with Gasteiger partial charge >= 0.3 is 11.9 Å². The Balaban J connectivity index is 3.25. The zero-order chi connectivity index (χ0) is 10.7. The first-order valence-corrected chi connectivity index (χ1v) is 4.79. The number of thioether (sulfide) groups is 1. The second kappa shape index (κ2) is 4.10. The van der Waals surface area contributed by atoms with Gasteiger partial charge in [-0.1, -0.05) is 0 Å². The first-order chi connectivity index (χ1) is 6.56. The van der Waals surface area contributed by atoms with Crippen molar-refractivity contribution in [2.75, 3.05) is 6.26 Å². The molecule has 0 saturated heterocycles. The molecule has 1 aromatic rings. The van der Waals surface area contributed by atoms with Crippen molar-refractivity contribution >= 4 is 23.7 Å². The minimum absolute atomic E-state index is 0.0145. The number of aromatic carboxylic acids is 2. The molecule has 0 unspecified atom stereocenters. The van der Waals surface area contributed by atoms with Crippen molar-refractivity contribution in [1.82, 2.24) is 4.98 Å². The van der Waals surface area contributed by atoms with Gasteiger partial charge in [0.2, 0.25) is 0 Å². The fraction of sp³-hybridized carbons (Fsp3) is 0.125. The summed E-state index contributed by atoms with van der Waals surface area (Å²) in [5.41, 5.74) is -0.137. The van der Waals surface area contributed by atoms with E-state index in [1.165, 1.54) is 6.07 Å². The number of hydrogen-bond donors (Lipinski definition) is 2. The lowest BCUT2D eigenvalue weighted by atomic mass is 10.2. The predicted molar refractivity (Wildman–Crippen MR) is 49.9 cm³/mol. The molecule has 0 aromatic carbocycles. The van der Waals surface area contributed by atoms with Crippen LogP contribution in [0, 0.1) is 0 Å². The maximum absolute atomic E-state index is 10.6. The van der Waals surface area contributed by atoms with Crippen LogP contribution < -0.4 is 0 Å². The van der Waals surface area contributed by atoms with Crippen molar-refractivity contribution in [3.8, 4) is 0 Å². The number of carboxylic acids is 2. The third-order valence-electron chi connectivity index (χ3n) is 1.52. The minimum Gasteiger partial charge on any atom is -0.478 e. The van der Waals surface area contributed by atoms with E-state index >= 15 is 0 Å². The Kier molecular flexibility index (Phi) is 3.08. The van der Waals surface area contributed by atoms with Crippen LogP contribution in [0.5, 0.6) is 0 Å². The molecule has 74 valence electrons. The Hall–Kier alpha value is -1.56. The summed E-state index contributed by atoms with van der Waals surface area (Å²) in [5.74, 6) is -2.28. The highest BCUT2D eigenvalue weighted by atomic mass is 32.2. The van der Waals surface area contributed by atoms with Crippen LogP contribution in [0.25, 0.3) is 0 Å². The number of carbonyl (C=O) groups is 2. The van der Waals surface area contributed by atoms with Crippen LogP contribution in [-0.4, -0.2) is 33.4 Å². The van der Waals surface area contributed by atoms with Crippen LogP contribution >= 0.6 is 11.8 Å². The van der Waals surface area contributed by atoms with Gasteiger partial charge in [0.05, 0.1) is 5.56 Å². The van der Waals surface area contributed by atoms with Crippen LogP contribution in [0.4, 0.5) is 0 Å². The topological polar surface area (TPSA) is 87.5 Å². The fourth-order valence-corrected chi connectivity index (χ4v) is 1.46. The van der Waals surface area contributed by atoms with Crippen LogP contribution in [0.3, 0.4) is 0 Å². The van der Waals surface area contributed by atoms with Gasteiger partial charge in [-0.25, -0.2) is 14.6 Å². The number of rotatable bonds is 3. The van der Waals surface area contributed by atoms with E-state index in [2.05, 4.69) is 4.98 Å². The summed E-state index contributed by atoms with van der Waals surface area (Å²) in [7, 11) is 0. The molecule has 0 aliphatic rings. The van der Waals surface area contributed by atoms with Gasteiger partial charge in [-0.2, -0.15) is 0 Å². The lowest BCUT2D eigenvalue weighted by molar-refractivity contribution is 0.0672. The van der Waals surface area contributed by atoms with Crippen LogP contribution in [-0.2, 0) is 0 Å². The molecule has 0 bridgehead atoms. The molecular formula is C8H7NO4S. The molecule has 6 heteroatoms. The maximum Gasteiger partial charge on any atom is 0.355 e. The van der Waals surface area contributed by atoms with E-state index in [1.807, 2.05) is 0 Å². The standard InChI is InChI=1S/C8H7NO4S/c1-14-5-2-4(7(10)11)3-9-6(5)8(12)13/h2-3H,1H3,(H,10,11)(H,12,13). The van der Waals surface area contributed by atoms with Gasteiger partial charge in [0.25, 0.3) is 0 Å². The molecular weight excluding hydrogens is 206 g/mol. The highest BCUT2D eigenvalue weighted by molar-refractivity contribution is 7.98. The molecule has 0 spiro atoms. The Labute approximate surface area is 83.8 Å².